The minimum Gasteiger partial charge on any atom is -0.342 e. The van der Waals surface area contributed by atoms with Crippen molar-refractivity contribution in [3.63, 3.8) is 0 Å². The number of nitrogens with zero attached hydrogens (tertiary/aromatic N) is 1. The van der Waals surface area contributed by atoms with E-state index in [9.17, 15) is 9.59 Å². The van der Waals surface area contributed by atoms with Crippen LogP contribution in [0, 0.1) is 19.8 Å². The van der Waals surface area contributed by atoms with Gasteiger partial charge in [-0.3, -0.25) is 9.59 Å². The third-order valence-corrected chi connectivity index (χ3v) is 5.01. The average Bonchev–Trinajstić information content (AvgIpc) is 2.76. The Morgan fingerprint density at radius 1 is 1.38 bits per heavy atom. The lowest BCUT2D eigenvalue weighted by atomic mass is 10.0. The maximum Gasteiger partial charge on any atom is 0.222 e. The molecule has 1 atom stereocenters. The van der Waals surface area contributed by atoms with Crippen LogP contribution in [-0.2, 0) is 16.0 Å². The van der Waals surface area contributed by atoms with Crippen LogP contribution in [0.4, 0.5) is 0 Å². The molecule has 0 saturated carbocycles. The van der Waals surface area contributed by atoms with Crippen LogP contribution < -0.4 is 0 Å². The van der Waals surface area contributed by atoms with Crippen LogP contribution in [0.3, 0.4) is 0 Å². The fourth-order valence-corrected chi connectivity index (χ4v) is 3.49. The van der Waals surface area contributed by atoms with Gasteiger partial charge in [-0.25, -0.2) is 0 Å². The lowest BCUT2D eigenvalue weighted by Crippen LogP contribution is -2.28. The molecule has 3 nitrogen and oxygen atoms in total. The number of thioether (sulfide) groups is 1. The lowest BCUT2D eigenvalue weighted by molar-refractivity contribution is -0.127. The van der Waals surface area contributed by atoms with Crippen LogP contribution >= 0.6 is 11.8 Å². The van der Waals surface area contributed by atoms with Crippen molar-refractivity contribution < 1.29 is 9.59 Å². The Morgan fingerprint density at radius 3 is 2.81 bits per heavy atom. The van der Waals surface area contributed by atoms with Gasteiger partial charge in [0.05, 0.1) is 0 Å². The molecule has 2 rings (SSSR count). The molecule has 0 aliphatic carbocycles. The minimum atomic E-state index is 0.135. The molecule has 1 saturated heterocycles. The van der Waals surface area contributed by atoms with Crippen molar-refractivity contribution in [3.05, 3.63) is 34.9 Å². The number of amides is 1. The predicted octanol–water partition coefficient (Wildman–Crippen LogP) is 2.97. The van der Waals surface area contributed by atoms with Gasteiger partial charge in [0.25, 0.3) is 0 Å². The predicted molar refractivity (Wildman–Crippen MR) is 87.4 cm³/mol. The molecule has 0 aromatic heterocycles. The van der Waals surface area contributed by atoms with Gasteiger partial charge in [-0.2, -0.15) is 0 Å². The lowest BCUT2D eigenvalue weighted by Gasteiger charge is -2.17. The van der Waals surface area contributed by atoms with Crippen molar-refractivity contribution in [1.29, 1.82) is 0 Å². The first-order valence-electron chi connectivity index (χ1n) is 7.43. The number of likely N-dealkylation sites (tertiary alicyclic amines) is 1. The van der Waals surface area contributed by atoms with Crippen molar-refractivity contribution in [2.75, 3.05) is 18.8 Å². The van der Waals surface area contributed by atoms with E-state index in [0.717, 1.165) is 25.3 Å². The van der Waals surface area contributed by atoms with Gasteiger partial charge in [0.1, 0.15) is 0 Å². The molecule has 0 bridgehead atoms. The summed E-state index contributed by atoms with van der Waals surface area (Å²) in [5.41, 5.74) is 3.88. The summed E-state index contributed by atoms with van der Waals surface area (Å²) < 4.78 is 0. The first-order valence-corrected chi connectivity index (χ1v) is 8.41. The highest BCUT2D eigenvalue weighted by Crippen LogP contribution is 2.23. The molecule has 21 heavy (non-hydrogen) atoms. The molecule has 1 aromatic carbocycles. The van der Waals surface area contributed by atoms with E-state index in [1.54, 1.807) is 6.92 Å². The molecule has 1 aliphatic heterocycles. The fourth-order valence-electron chi connectivity index (χ4n) is 2.80. The number of carbonyl (C=O) groups is 2. The molecular weight excluding hydrogens is 282 g/mol. The third kappa shape index (κ3) is 4.60. The molecule has 0 spiro atoms. The molecule has 0 N–H and O–H groups in total. The molecular formula is C17H23NO2S. The third-order valence-electron chi connectivity index (χ3n) is 3.97. The molecule has 1 aliphatic rings. The van der Waals surface area contributed by atoms with Crippen LogP contribution in [0.15, 0.2) is 18.2 Å². The summed E-state index contributed by atoms with van der Waals surface area (Å²) in [6.07, 6.45) is 1.50. The van der Waals surface area contributed by atoms with E-state index in [2.05, 4.69) is 32.0 Å². The summed E-state index contributed by atoms with van der Waals surface area (Å²) >= 11 is 1.33. The monoisotopic (exact) mass is 305 g/mol. The summed E-state index contributed by atoms with van der Waals surface area (Å²) in [7, 11) is 0. The van der Waals surface area contributed by atoms with Gasteiger partial charge in [-0.15, -0.1) is 0 Å². The minimum absolute atomic E-state index is 0.135. The molecule has 4 heteroatoms. The van der Waals surface area contributed by atoms with Gasteiger partial charge in [-0.1, -0.05) is 35.5 Å². The molecule has 1 aromatic rings. The zero-order valence-electron chi connectivity index (χ0n) is 13.0. The highest BCUT2D eigenvalue weighted by molar-refractivity contribution is 8.13. The van der Waals surface area contributed by atoms with E-state index < -0.39 is 0 Å². The first-order chi connectivity index (χ1) is 9.95. The van der Waals surface area contributed by atoms with Crippen LogP contribution in [0.2, 0.25) is 0 Å². The van der Waals surface area contributed by atoms with E-state index in [1.807, 2.05) is 4.90 Å². The van der Waals surface area contributed by atoms with E-state index >= 15 is 0 Å². The van der Waals surface area contributed by atoms with E-state index in [4.69, 9.17) is 0 Å². The SMILES string of the molecule is CC(=O)SCC1CC(=O)N(CCc2ccc(C)cc2C)C1. The summed E-state index contributed by atoms with van der Waals surface area (Å²) in [6.45, 7) is 7.38. The zero-order chi connectivity index (χ0) is 15.4. The maximum atomic E-state index is 12.0. The second-order valence-corrected chi connectivity index (χ2v) is 7.09. The van der Waals surface area contributed by atoms with Crippen LogP contribution in [-0.4, -0.2) is 34.8 Å². The van der Waals surface area contributed by atoms with Crippen molar-refractivity contribution in [1.82, 2.24) is 4.90 Å². The van der Waals surface area contributed by atoms with Gasteiger partial charge in [0.15, 0.2) is 5.12 Å². The smallest absolute Gasteiger partial charge is 0.222 e. The van der Waals surface area contributed by atoms with E-state index in [1.165, 1.54) is 28.5 Å². The molecule has 1 heterocycles. The van der Waals surface area contributed by atoms with Gasteiger partial charge in [0.2, 0.25) is 5.91 Å². The van der Waals surface area contributed by atoms with Crippen LogP contribution in [0.5, 0.6) is 0 Å². The van der Waals surface area contributed by atoms with Crippen molar-refractivity contribution in [2.24, 2.45) is 5.92 Å². The summed E-state index contributed by atoms with van der Waals surface area (Å²) in [6, 6.07) is 6.47. The number of benzene rings is 1. The normalized spacial score (nSPS) is 18.3. The maximum absolute atomic E-state index is 12.0. The molecule has 1 fully saturated rings. The van der Waals surface area contributed by atoms with Crippen LogP contribution in [0.1, 0.15) is 30.0 Å². The zero-order valence-corrected chi connectivity index (χ0v) is 13.8. The van der Waals surface area contributed by atoms with E-state index in [-0.39, 0.29) is 11.0 Å². The second kappa shape index (κ2) is 7.12. The summed E-state index contributed by atoms with van der Waals surface area (Å²) in [5.74, 6) is 1.32. The van der Waals surface area contributed by atoms with Crippen LogP contribution in [0.25, 0.3) is 0 Å². The standard InChI is InChI=1S/C17H23NO2S/c1-12-4-5-16(13(2)8-12)6-7-18-10-15(9-17(18)20)11-21-14(3)19/h4-5,8,15H,6-7,9-11H2,1-3H3. The van der Waals surface area contributed by atoms with Gasteiger partial charge >= 0.3 is 0 Å². The number of hydrogen-bond donors (Lipinski definition) is 0. The van der Waals surface area contributed by atoms with Crippen molar-refractivity contribution in [2.45, 2.75) is 33.6 Å². The van der Waals surface area contributed by atoms with Crippen molar-refractivity contribution in [3.8, 4) is 0 Å². The summed E-state index contributed by atoms with van der Waals surface area (Å²) in [5, 5.41) is 0.135. The Morgan fingerprint density at radius 2 is 2.14 bits per heavy atom. The second-order valence-electron chi connectivity index (χ2n) is 5.89. The topological polar surface area (TPSA) is 37.4 Å². The summed E-state index contributed by atoms with van der Waals surface area (Å²) in [4.78, 5) is 25.0. The quantitative estimate of drug-likeness (QED) is 0.839. The van der Waals surface area contributed by atoms with Crippen molar-refractivity contribution >= 4 is 22.8 Å². The number of hydrogen-bond acceptors (Lipinski definition) is 3. The highest BCUT2D eigenvalue weighted by atomic mass is 32.2. The molecule has 1 unspecified atom stereocenters. The molecule has 1 amide bonds. The van der Waals surface area contributed by atoms with Gasteiger partial charge in [-0.05, 0) is 37.3 Å². The fraction of sp³-hybridized carbons (Fsp3) is 0.529. The average molecular weight is 305 g/mol. The molecule has 0 radical (unpaired) electrons. The number of aryl methyl sites for hydroxylation is 2. The largest absolute Gasteiger partial charge is 0.342 e. The Kier molecular flexibility index (Phi) is 5.45. The van der Waals surface area contributed by atoms with E-state index in [0.29, 0.717) is 12.3 Å². The Labute approximate surface area is 131 Å². The Balaban J connectivity index is 1.86. The van der Waals surface area contributed by atoms with Gasteiger partial charge < -0.3 is 4.90 Å². The Hall–Kier alpha value is -1.29. The number of carbonyl (C=O) groups excluding carboxylic acids is 2. The molecule has 114 valence electrons. The highest BCUT2D eigenvalue weighted by Gasteiger charge is 2.29. The van der Waals surface area contributed by atoms with Gasteiger partial charge in [0, 0.05) is 32.2 Å². The number of rotatable bonds is 5. The first kappa shape index (κ1) is 16.1. The Bertz CT molecular complexity index is 542.